The number of hydrogen-bond donors (Lipinski definition) is 1. The first-order valence-corrected chi connectivity index (χ1v) is 10.9. The van der Waals surface area contributed by atoms with Crippen molar-refractivity contribution in [2.24, 2.45) is 0 Å². The van der Waals surface area contributed by atoms with E-state index in [1.54, 1.807) is 4.90 Å². The Balaban J connectivity index is 1.31. The minimum Gasteiger partial charge on any atom is -0.445 e. The quantitative estimate of drug-likeness (QED) is 0.653. The predicted octanol–water partition coefficient (Wildman–Crippen LogP) is 2.81. The average Bonchev–Trinajstić information content (AvgIpc) is 3.16. The third-order valence-corrected chi connectivity index (χ3v) is 6.26. The minimum absolute atomic E-state index is 0.127. The Hall–Kier alpha value is -3.30. The van der Waals surface area contributed by atoms with E-state index in [0.717, 1.165) is 11.6 Å². The number of ether oxygens (including phenoxy) is 2. The van der Waals surface area contributed by atoms with Gasteiger partial charge < -0.3 is 19.5 Å². The Morgan fingerprint density at radius 1 is 1.27 bits per heavy atom. The summed E-state index contributed by atoms with van der Waals surface area (Å²) in [5.74, 6) is -2.20. The lowest BCUT2D eigenvalue weighted by Gasteiger charge is -2.35. The second-order valence-electron chi connectivity index (χ2n) is 8.59. The zero-order chi connectivity index (χ0) is 23.0. The van der Waals surface area contributed by atoms with Gasteiger partial charge in [0, 0.05) is 13.0 Å². The number of aromatic nitrogens is 2. The topological polar surface area (TPSA) is 93.9 Å². The van der Waals surface area contributed by atoms with Crippen molar-refractivity contribution in [2.45, 2.75) is 50.3 Å². The highest BCUT2D eigenvalue weighted by atomic mass is 19.1. The summed E-state index contributed by atoms with van der Waals surface area (Å²) in [5.41, 5.74) is 0.793. The van der Waals surface area contributed by atoms with Crippen molar-refractivity contribution in [3.63, 3.8) is 0 Å². The van der Waals surface area contributed by atoms with Crippen LogP contribution in [0, 0.1) is 5.82 Å². The van der Waals surface area contributed by atoms with Crippen molar-refractivity contribution in [3.05, 3.63) is 76.6 Å². The number of carbonyl (C=O) groups is 1. The Morgan fingerprint density at radius 2 is 2.09 bits per heavy atom. The van der Waals surface area contributed by atoms with E-state index in [-0.39, 0.29) is 37.1 Å². The lowest BCUT2D eigenvalue weighted by molar-refractivity contribution is -0.202. The molecule has 2 aliphatic rings. The summed E-state index contributed by atoms with van der Waals surface area (Å²) in [7, 11) is 0. The van der Waals surface area contributed by atoms with Crippen LogP contribution in [0.25, 0.3) is 10.9 Å². The highest BCUT2D eigenvalue weighted by Gasteiger charge is 2.50. The smallest absolute Gasteiger partial charge is 0.410 e. The Kier molecular flexibility index (Phi) is 5.59. The molecule has 9 heteroatoms. The largest absolute Gasteiger partial charge is 0.445 e. The molecule has 0 radical (unpaired) electrons. The first-order valence-electron chi connectivity index (χ1n) is 10.9. The number of rotatable bonds is 4. The molecule has 1 amide bonds. The fourth-order valence-electron chi connectivity index (χ4n) is 4.70. The van der Waals surface area contributed by atoms with Crippen molar-refractivity contribution >= 4 is 17.0 Å². The van der Waals surface area contributed by atoms with Crippen molar-refractivity contribution in [2.75, 3.05) is 6.54 Å². The van der Waals surface area contributed by atoms with E-state index in [1.807, 2.05) is 30.3 Å². The number of fused-ring (bicyclic) bond motifs is 2. The molecule has 8 nitrogen and oxygen atoms in total. The number of benzene rings is 2. The van der Waals surface area contributed by atoms with Crippen molar-refractivity contribution in [3.8, 4) is 0 Å². The molecular weight excluding hydrogens is 429 g/mol. The van der Waals surface area contributed by atoms with Gasteiger partial charge in [-0.1, -0.05) is 30.3 Å². The summed E-state index contributed by atoms with van der Waals surface area (Å²) in [5, 5.41) is 11.3. The van der Waals surface area contributed by atoms with E-state index in [9.17, 15) is 19.1 Å². The number of amides is 1. The van der Waals surface area contributed by atoms with Crippen LogP contribution in [0.3, 0.4) is 0 Å². The van der Waals surface area contributed by atoms with Gasteiger partial charge in [0.15, 0.2) is 5.79 Å². The molecule has 2 fully saturated rings. The van der Waals surface area contributed by atoms with Gasteiger partial charge in [0.05, 0.1) is 35.9 Å². The Bertz CT molecular complexity index is 1230. The molecule has 0 spiro atoms. The first-order chi connectivity index (χ1) is 15.9. The fraction of sp³-hybridized carbons (Fsp3) is 0.375. The van der Waals surface area contributed by atoms with Gasteiger partial charge in [0.1, 0.15) is 12.4 Å². The van der Waals surface area contributed by atoms with Crippen molar-refractivity contribution < 1.29 is 23.8 Å². The third kappa shape index (κ3) is 4.34. The maximum absolute atomic E-state index is 13.6. The summed E-state index contributed by atoms with van der Waals surface area (Å²) in [6.07, 6.45) is 2.03. The molecule has 5 rings (SSSR count). The van der Waals surface area contributed by atoms with Gasteiger partial charge in [-0.15, -0.1) is 0 Å². The van der Waals surface area contributed by atoms with Gasteiger partial charge in [-0.05, 0) is 36.6 Å². The highest BCUT2D eigenvalue weighted by molar-refractivity contribution is 5.77. The van der Waals surface area contributed by atoms with Gasteiger partial charge in [0.2, 0.25) is 0 Å². The third-order valence-electron chi connectivity index (χ3n) is 6.26. The van der Waals surface area contributed by atoms with E-state index in [2.05, 4.69) is 4.98 Å². The lowest BCUT2D eigenvalue weighted by atomic mass is 9.97. The van der Waals surface area contributed by atoms with E-state index >= 15 is 0 Å². The molecular formula is C24H24FN3O5. The van der Waals surface area contributed by atoms with Crippen LogP contribution in [0.2, 0.25) is 0 Å². The zero-order valence-corrected chi connectivity index (χ0v) is 17.9. The van der Waals surface area contributed by atoms with Crippen molar-refractivity contribution in [1.29, 1.82) is 0 Å². The van der Waals surface area contributed by atoms with Crippen LogP contribution in [-0.4, -0.2) is 50.1 Å². The zero-order valence-electron chi connectivity index (χ0n) is 17.9. The van der Waals surface area contributed by atoms with Crippen LogP contribution in [0.1, 0.15) is 24.8 Å². The Morgan fingerprint density at radius 3 is 2.91 bits per heavy atom. The summed E-state index contributed by atoms with van der Waals surface area (Å²) in [6.45, 7) is 0.490. The maximum atomic E-state index is 13.6. The fourth-order valence-corrected chi connectivity index (χ4v) is 4.70. The minimum atomic E-state index is -1.66. The summed E-state index contributed by atoms with van der Waals surface area (Å²) >= 11 is 0. The lowest BCUT2D eigenvalue weighted by Crippen LogP contribution is -2.49. The van der Waals surface area contributed by atoms with E-state index < -0.39 is 23.3 Å². The number of likely N-dealkylation sites (tertiary alicyclic amines) is 1. The number of halogens is 1. The van der Waals surface area contributed by atoms with Crippen LogP contribution in [-0.2, 0) is 22.6 Å². The summed E-state index contributed by atoms with van der Waals surface area (Å²) in [4.78, 5) is 31.4. The van der Waals surface area contributed by atoms with E-state index in [4.69, 9.17) is 9.47 Å². The number of nitrogens with zero attached hydrogens (tertiary/aromatic N) is 3. The van der Waals surface area contributed by atoms with Crippen LogP contribution in [0.4, 0.5) is 9.18 Å². The van der Waals surface area contributed by atoms with Gasteiger partial charge in [-0.2, -0.15) is 0 Å². The molecule has 33 heavy (non-hydrogen) atoms. The highest BCUT2D eigenvalue weighted by Crippen LogP contribution is 2.38. The molecule has 0 aliphatic carbocycles. The van der Waals surface area contributed by atoms with Gasteiger partial charge in [0.25, 0.3) is 5.56 Å². The van der Waals surface area contributed by atoms with Gasteiger partial charge >= 0.3 is 6.09 Å². The molecule has 1 N–H and O–H groups in total. The predicted molar refractivity (Wildman–Crippen MR) is 117 cm³/mol. The molecule has 2 saturated heterocycles. The average molecular weight is 453 g/mol. The Labute approximate surface area is 189 Å². The van der Waals surface area contributed by atoms with Crippen LogP contribution in [0.15, 0.2) is 59.7 Å². The van der Waals surface area contributed by atoms with Gasteiger partial charge in [-0.3, -0.25) is 9.36 Å². The van der Waals surface area contributed by atoms with Gasteiger partial charge in [-0.25, -0.2) is 14.2 Å². The van der Waals surface area contributed by atoms with Crippen molar-refractivity contribution in [1.82, 2.24) is 14.5 Å². The molecule has 1 aromatic heterocycles. The second-order valence-corrected chi connectivity index (χ2v) is 8.59. The summed E-state index contributed by atoms with van der Waals surface area (Å²) < 4.78 is 26.3. The number of hydrogen-bond acceptors (Lipinski definition) is 6. The molecule has 2 aromatic carbocycles. The number of piperidine rings is 1. The molecule has 0 saturated carbocycles. The van der Waals surface area contributed by atoms with E-state index in [0.29, 0.717) is 24.9 Å². The van der Waals surface area contributed by atoms with Crippen LogP contribution < -0.4 is 5.56 Å². The summed E-state index contributed by atoms with van der Waals surface area (Å²) in [6, 6.07) is 12.8. The monoisotopic (exact) mass is 453 g/mol. The molecule has 172 valence electrons. The van der Waals surface area contributed by atoms with E-state index in [1.165, 1.54) is 23.0 Å². The maximum Gasteiger partial charge on any atom is 0.410 e. The molecule has 0 bridgehead atoms. The second kappa shape index (κ2) is 8.57. The molecule has 3 aromatic rings. The van der Waals surface area contributed by atoms with Crippen LogP contribution in [0.5, 0.6) is 0 Å². The molecule has 2 aliphatic heterocycles. The molecule has 3 atom stereocenters. The standard InChI is InChI=1S/C24H24FN3O5/c25-17-8-9-19-18(11-17)22(29)27(15-26-19)14-24(31)12-20-21(33-24)7-4-10-28(20)23(30)32-13-16-5-2-1-3-6-16/h1-3,5-6,8-9,11,15,20-21,31H,4,7,10,12-14H2/t20-,21-,24?/m0/s1. The SMILES string of the molecule is O=C(OCc1ccccc1)N1CCC[C@@H]2OC(O)(Cn3cnc4ccc(F)cc4c3=O)C[C@@H]21. The van der Waals surface area contributed by atoms with Crippen LogP contribution >= 0.6 is 0 Å². The molecule has 3 heterocycles. The molecule has 1 unspecified atom stereocenters. The number of aliphatic hydroxyl groups is 1. The number of carbonyl (C=O) groups excluding carboxylic acids is 1. The normalized spacial score (nSPS) is 24.6. The first kappa shape index (κ1) is 21.5.